The third-order valence-corrected chi connectivity index (χ3v) is 7.16. The number of nitrogens with one attached hydrogen (secondary N) is 1. The summed E-state index contributed by atoms with van der Waals surface area (Å²) in [4.78, 5) is 13.2. The van der Waals surface area contributed by atoms with Crippen molar-refractivity contribution >= 4 is 49.1 Å². The molecule has 0 spiro atoms. The lowest BCUT2D eigenvalue weighted by atomic mass is 9.78. The number of carbonyl (C=O) groups excluding carboxylic acids is 1. The van der Waals surface area contributed by atoms with Crippen LogP contribution in [0.2, 0.25) is 0 Å². The molecule has 0 unspecified atom stereocenters. The Balaban J connectivity index is 2.08. The molecule has 0 saturated heterocycles. The molecule has 0 aromatic carbocycles. The number of rotatable bonds is 3. The van der Waals surface area contributed by atoms with Crippen LogP contribution in [-0.2, 0) is 0 Å². The van der Waals surface area contributed by atoms with Crippen LogP contribution in [0.25, 0.3) is 0 Å². The zero-order valence-corrected chi connectivity index (χ0v) is 15.3. The summed E-state index contributed by atoms with van der Waals surface area (Å²) in [5.41, 5.74) is 1.06. The lowest BCUT2D eigenvalue weighted by Gasteiger charge is -2.38. The minimum absolute atomic E-state index is 0.0615. The Bertz CT molecular complexity index is 445. The van der Waals surface area contributed by atoms with Crippen LogP contribution in [0.3, 0.4) is 0 Å². The number of thiophene rings is 1. The second kappa shape index (κ2) is 6.27. The van der Waals surface area contributed by atoms with Crippen molar-refractivity contribution in [1.29, 1.82) is 0 Å². The van der Waals surface area contributed by atoms with Crippen molar-refractivity contribution < 1.29 is 4.79 Å². The van der Waals surface area contributed by atoms with Crippen molar-refractivity contribution in [2.45, 2.75) is 45.1 Å². The molecule has 19 heavy (non-hydrogen) atoms. The third-order valence-electron chi connectivity index (χ3n) is 3.95. The summed E-state index contributed by atoms with van der Waals surface area (Å²) in [7, 11) is 0. The molecular weight excluding hydrogens is 390 g/mol. The van der Waals surface area contributed by atoms with Crippen molar-refractivity contribution in [3.63, 3.8) is 0 Å². The number of aryl methyl sites for hydroxylation is 1. The van der Waals surface area contributed by atoms with Gasteiger partial charge in [0.05, 0.1) is 14.2 Å². The maximum atomic E-state index is 12.4. The first-order valence-corrected chi connectivity index (χ1v) is 9.33. The van der Waals surface area contributed by atoms with Gasteiger partial charge < -0.3 is 5.32 Å². The molecule has 0 atom stereocenters. The Labute approximate surface area is 135 Å². The van der Waals surface area contributed by atoms with E-state index in [1.165, 1.54) is 24.2 Å². The highest BCUT2D eigenvalue weighted by atomic mass is 79.9. The van der Waals surface area contributed by atoms with Crippen LogP contribution in [0.1, 0.15) is 47.8 Å². The van der Waals surface area contributed by atoms with E-state index < -0.39 is 0 Å². The largest absolute Gasteiger partial charge is 0.345 e. The highest BCUT2D eigenvalue weighted by Crippen LogP contribution is 2.34. The lowest BCUT2D eigenvalue weighted by molar-refractivity contribution is 0.0878. The van der Waals surface area contributed by atoms with Crippen molar-refractivity contribution in [2.24, 2.45) is 5.92 Å². The molecule has 5 heteroatoms. The Hall–Kier alpha value is 0.130. The number of hydrogen-bond donors (Lipinski definition) is 1. The SMILES string of the molecule is Cc1cc(C(=O)NC2(CBr)CCC(C)CC2)sc1Br. The highest BCUT2D eigenvalue weighted by molar-refractivity contribution is 9.11. The molecule has 1 aliphatic rings. The Morgan fingerprint density at radius 3 is 2.63 bits per heavy atom. The first-order valence-electron chi connectivity index (χ1n) is 6.60. The minimum Gasteiger partial charge on any atom is -0.345 e. The highest BCUT2D eigenvalue weighted by Gasteiger charge is 2.35. The van der Waals surface area contributed by atoms with Crippen molar-refractivity contribution in [3.8, 4) is 0 Å². The standard InChI is InChI=1S/C14H19Br2NOS/c1-9-3-5-14(8-15,6-4-9)17-13(18)11-7-10(2)12(16)19-11/h7,9H,3-6,8H2,1-2H3,(H,17,18). The van der Waals surface area contributed by atoms with Gasteiger partial charge in [-0.2, -0.15) is 0 Å². The predicted molar refractivity (Wildman–Crippen MR) is 88.4 cm³/mol. The van der Waals surface area contributed by atoms with Gasteiger partial charge in [-0.25, -0.2) is 0 Å². The topological polar surface area (TPSA) is 29.1 Å². The summed E-state index contributed by atoms with van der Waals surface area (Å²) in [5, 5.41) is 4.10. The Kier molecular flexibility index (Phi) is 5.12. The zero-order valence-electron chi connectivity index (χ0n) is 11.3. The van der Waals surface area contributed by atoms with Crippen LogP contribution in [-0.4, -0.2) is 16.8 Å². The first-order chi connectivity index (χ1) is 8.96. The van der Waals surface area contributed by atoms with Crippen LogP contribution in [0.4, 0.5) is 0 Å². The summed E-state index contributed by atoms with van der Waals surface area (Å²) >= 11 is 8.58. The molecule has 1 N–H and O–H groups in total. The average Bonchev–Trinajstić information content (AvgIpc) is 2.73. The number of amides is 1. The summed E-state index contributed by atoms with van der Waals surface area (Å²) in [6.07, 6.45) is 4.52. The smallest absolute Gasteiger partial charge is 0.261 e. The van der Waals surface area contributed by atoms with E-state index >= 15 is 0 Å². The van der Waals surface area contributed by atoms with Gasteiger partial charge in [0, 0.05) is 5.33 Å². The fourth-order valence-corrected chi connectivity index (χ4v) is 4.61. The second-order valence-electron chi connectivity index (χ2n) is 5.62. The van der Waals surface area contributed by atoms with E-state index in [9.17, 15) is 4.79 Å². The van der Waals surface area contributed by atoms with E-state index in [2.05, 4.69) is 44.1 Å². The van der Waals surface area contributed by atoms with Crippen LogP contribution < -0.4 is 5.32 Å². The molecule has 1 saturated carbocycles. The maximum Gasteiger partial charge on any atom is 0.261 e. The molecule has 1 aliphatic carbocycles. The summed E-state index contributed by atoms with van der Waals surface area (Å²) in [5.74, 6) is 0.843. The summed E-state index contributed by atoms with van der Waals surface area (Å²) in [6.45, 7) is 4.31. The Morgan fingerprint density at radius 1 is 1.53 bits per heavy atom. The van der Waals surface area contributed by atoms with Gasteiger partial charge in [0.1, 0.15) is 0 Å². The molecule has 2 rings (SSSR count). The van der Waals surface area contributed by atoms with Crippen molar-refractivity contribution in [1.82, 2.24) is 5.32 Å². The fourth-order valence-electron chi connectivity index (χ4n) is 2.48. The molecule has 106 valence electrons. The van der Waals surface area contributed by atoms with Crippen LogP contribution in [0, 0.1) is 12.8 Å². The van der Waals surface area contributed by atoms with E-state index in [1.54, 1.807) is 0 Å². The third kappa shape index (κ3) is 3.61. The molecule has 0 radical (unpaired) electrons. The van der Waals surface area contributed by atoms with E-state index in [0.717, 1.165) is 38.3 Å². The first kappa shape index (κ1) is 15.5. The Morgan fingerprint density at radius 2 is 2.16 bits per heavy atom. The van der Waals surface area contributed by atoms with Gasteiger partial charge in [0.15, 0.2) is 0 Å². The number of alkyl halides is 1. The van der Waals surface area contributed by atoms with Crippen LogP contribution in [0.15, 0.2) is 9.85 Å². The molecule has 1 amide bonds. The molecule has 2 nitrogen and oxygen atoms in total. The summed E-state index contributed by atoms with van der Waals surface area (Å²) < 4.78 is 1.04. The van der Waals surface area contributed by atoms with Crippen molar-refractivity contribution in [3.05, 3.63) is 20.3 Å². The molecular formula is C14H19Br2NOS. The molecule has 1 aromatic heterocycles. The van der Waals surface area contributed by atoms with Gasteiger partial charge >= 0.3 is 0 Å². The lowest BCUT2D eigenvalue weighted by Crippen LogP contribution is -2.51. The number of hydrogen-bond acceptors (Lipinski definition) is 2. The van der Waals surface area contributed by atoms with Gasteiger partial charge in [0.2, 0.25) is 0 Å². The van der Waals surface area contributed by atoms with E-state index in [0.29, 0.717) is 0 Å². The molecule has 0 bridgehead atoms. The maximum absolute atomic E-state index is 12.4. The van der Waals surface area contributed by atoms with Crippen LogP contribution in [0.5, 0.6) is 0 Å². The summed E-state index contributed by atoms with van der Waals surface area (Å²) in [6, 6.07) is 1.96. The minimum atomic E-state index is -0.0615. The predicted octanol–water partition coefficient (Wildman–Crippen LogP) is 4.89. The molecule has 1 aromatic rings. The molecule has 1 heterocycles. The number of carbonyl (C=O) groups is 1. The van der Waals surface area contributed by atoms with Crippen LogP contribution >= 0.6 is 43.2 Å². The second-order valence-corrected chi connectivity index (χ2v) is 8.55. The quantitative estimate of drug-likeness (QED) is 0.708. The van der Waals surface area contributed by atoms with E-state index in [-0.39, 0.29) is 11.4 Å². The average molecular weight is 409 g/mol. The van der Waals surface area contributed by atoms with Crippen molar-refractivity contribution in [2.75, 3.05) is 5.33 Å². The van der Waals surface area contributed by atoms with E-state index in [1.807, 2.05) is 13.0 Å². The van der Waals surface area contributed by atoms with Gasteiger partial charge in [0.25, 0.3) is 5.91 Å². The van der Waals surface area contributed by atoms with Gasteiger partial charge in [-0.1, -0.05) is 22.9 Å². The molecule has 1 fully saturated rings. The van der Waals surface area contributed by atoms with Gasteiger partial charge in [-0.3, -0.25) is 4.79 Å². The molecule has 0 aliphatic heterocycles. The van der Waals surface area contributed by atoms with E-state index in [4.69, 9.17) is 0 Å². The fraction of sp³-hybridized carbons (Fsp3) is 0.643. The monoisotopic (exact) mass is 407 g/mol. The number of halogens is 2. The normalized spacial score (nSPS) is 27.3. The zero-order chi connectivity index (χ0) is 14.0. The van der Waals surface area contributed by atoms with Gasteiger partial charge in [-0.05, 0) is 66.1 Å². The van der Waals surface area contributed by atoms with Gasteiger partial charge in [-0.15, -0.1) is 11.3 Å².